The number of esters is 2. The molecule has 0 aliphatic carbocycles. The molecule has 0 spiro atoms. The van der Waals surface area contributed by atoms with Crippen molar-refractivity contribution in [3.63, 3.8) is 0 Å². The van der Waals surface area contributed by atoms with Gasteiger partial charge in [0.25, 0.3) is 0 Å². The van der Waals surface area contributed by atoms with E-state index in [9.17, 15) is 19.8 Å². The minimum absolute atomic E-state index is 0.266. The van der Waals surface area contributed by atoms with Crippen molar-refractivity contribution in [2.75, 3.05) is 26.4 Å². The van der Waals surface area contributed by atoms with Gasteiger partial charge in [-0.05, 0) is 13.8 Å². The second-order valence-electron chi connectivity index (χ2n) is 4.38. The molecule has 19 heavy (non-hydrogen) atoms. The summed E-state index contributed by atoms with van der Waals surface area (Å²) in [5.41, 5.74) is -1.23. The highest BCUT2D eigenvalue weighted by atomic mass is 32.1. The molecule has 0 aliphatic rings. The summed E-state index contributed by atoms with van der Waals surface area (Å²) in [6.45, 7) is 1.55. The lowest BCUT2D eigenvalue weighted by molar-refractivity contribution is -0.157. The second-order valence-corrected chi connectivity index (χ2v) is 5.93. The van der Waals surface area contributed by atoms with E-state index in [4.69, 9.17) is 9.47 Å². The summed E-state index contributed by atoms with van der Waals surface area (Å²) in [5, 5.41) is 17.4. The molecular formula is C11H20O6S2. The van der Waals surface area contributed by atoms with E-state index in [2.05, 4.69) is 25.3 Å². The van der Waals surface area contributed by atoms with Crippen LogP contribution >= 0.6 is 25.3 Å². The van der Waals surface area contributed by atoms with Crippen LogP contribution in [0.5, 0.6) is 0 Å². The largest absolute Gasteiger partial charge is 0.464 e. The summed E-state index contributed by atoms with van der Waals surface area (Å²) in [6, 6.07) is 0. The van der Waals surface area contributed by atoms with Crippen LogP contribution in [0.25, 0.3) is 0 Å². The zero-order valence-electron chi connectivity index (χ0n) is 10.9. The van der Waals surface area contributed by atoms with Gasteiger partial charge in [0.15, 0.2) is 0 Å². The molecule has 0 aromatic rings. The summed E-state index contributed by atoms with van der Waals surface area (Å²) >= 11 is 7.80. The van der Waals surface area contributed by atoms with Gasteiger partial charge in [0.05, 0.1) is 29.1 Å². The Labute approximate surface area is 123 Å². The molecule has 0 radical (unpaired) electrons. The van der Waals surface area contributed by atoms with E-state index >= 15 is 0 Å². The number of aliphatic hydroxyl groups excluding tert-OH is 2. The van der Waals surface area contributed by atoms with E-state index in [1.54, 1.807) is 0 Å². The summed E-state index contributed by atoms with van der Waals surface area (Å²) < 4.78 is 9.80. The van der Waals surface area contributed by atoms with Crippen molar-refractivity contribution >= 4 is 37.2 Å². The highest BCUT2D eigenvalue weighted by Crippen LogP contribution is 2.18. The third-order valence-corrected chi connectivity index (χ3v) is 2.82. The molecule has 0 fully saturated rings. The number of hydrogen-bond donors (Lipinski definition) is 4. The first kappa shape index (κ1) is 18.6. The average molecular weight is 312 g/mol. The van der Waals surface area contributed by atoms with Gasteiger partial charge in [-0.3, -0.25) is 9.59 Å². The molecule has 2 N–H and O–H groups in total. The molecular weight excluding hydrogens is 292 g/mol. The molecule has 0 saturated heterocycles. The van der Waals surface area contributed by atoms with E-state index in [1.807, 2.05) is 0 Å². The Kier molecular flexibility index (Phi) is 8.47. The maximum atomic E-state index is 11.3. The van der Waals surface area contributed by atoms with Crippen molar-refractivity contribution in [2.45, 2.75) is 24.3 Å². The SMILES string of the molecule is CC(S)C(=O)OCC(CO)(CO)COC(=O)C(C)S. The van der Waals surface area contributed by atoms with Gasteiger partial charge in [-0.1, -0.05) is 0 Å². The number of aliphatic hydroxyl groups is 2. The quantitative estimate of drug-likeness (QED) is 0.363. The highest BCUT2D eigenvalue weighted by molar-refractivity contribution is 7.81. The summed E-state index contributed by atoms with van der Waals surface area (Å²) in [6.07, 6.45) is 0. The van der Waals surface area contributed by atoms with E-state index in [1.165, 1.54) is 13.8 Å². The standard InChI is InChI=1S/C11H20O6S2/c1-7(18)9(14)16-5-11(3-12,4-13)6-17-10(15)8(2)19/h7-8,12-13,18-19H,3-6H2,1-2H3. The van der Waals surface area contributed by atoms with Gasteiger partial charge in [-0.25, -0.2) is 0 Å². The average Bonchev–Trinajstić information content (AvgIpc) is 2.38. The second kappa shape index (κ2) is 8.68. The Morgan fingerprint density at radius 1 is 1.00 bits per heavy atom. The zero-order chi connectivity index (χ0) is 15.1. The van der Waals surface area contributed by atoms with Crippen molar-refractivity contribution in [1.82, 2.24) is 0 Å². The predicted molar refractivity (Wildman–Crippen MR) is 75.4 cm³/mol. The Hall–Kier alpha value is -0.440. The van der Waals surface area contributed by atoms with Crippen molar-refractivity contribution in [3.05, 3.63) is 0 Å². The number of carbonyl (C=O) groups is 2. The van der Waals surface area contributed by atoms with E-state index in [0.29, 0.717) is 0 Å². The lowest BCUT2D eigenvalue weighted by Crippen LogP contribution is -2.42. The number of thiol groups is 2. The van der Waals surface area contributed by atoms with Crippen LogP contribution in [0.1, 0.15) is 13.8 Å². The number of hydrogen-bond acceptors (Lipinski definition) is 8. The summed E-state index contributed by atoms with van der Waals surface area (Å²) in [4.78, 5) is 22.6. The number of rotatable bonds is 8. The maximum absolute atomic E-state index is 11.3. The molecule has 8 heteroatoms. The van der Waals surface area contributed by atoms with Gasteiger partial charge in [0.2, 0.25) is 0 Å². The minimum atomic E-state index is -1.23. The molecule has 0 heterocycles. The van der Waals surface area contributed by atoms with Crippen LogP contribution in [0.2, 0.25) is 0 Å². The lowest BCUT2D eigenvalue weighted by atomic mass is 9.92. The third-order valence-electron chi connectivity index (χ3n) is 2.39. The van der Waals surface area contributed by atoms with Crippen molar-refractivity contribution in [3.8, 4) is 0 Å². The fraction of sp³-hybridized carbons (Fsp3) is 0.818. The first-order valence-electron chi connectivity index (χ1n) is 5.69. The van der Waals surface area contributed by atoms with Crippen LogP contribution in [-0.2, 0) is 19.1 Å². The van der Waals surface area contributed by atoms with Crippen LogP contribution in [0.4, 0.5) is 0 Å². The van der Waals surface area contributed by atoms with E-state index in [-0.39, 0.29) is 13.2 Å². The maximum Gasteiger partial charge on any atom is 0.318 e. The topological polar surface area (TPSA) is 93.1 Å². The Bertz CT molecular complexity index is 276. The molecule has 0 rings (SSSR count). The Balaban J connectivity index is 4.49. The van der Waals surface area contributed by atoms with E-state index < -0.39 is 41.1 Å². The van der Waals surface area contributed by atoms with Gasteiger partial charge < -0.3 is 19.7 Å². The lowest BCUT2D eigenvalue weighted by Gasteiger charge is -2.29. The van der Waals surface area contributed by atoms with Crippen LogP contribution < -0.4 is 0 Å². The number of carbonyl (C=O) groups excluding carboxylic acids is 2. The molecule has 0 aliphatic heterocycles. The van der Waals surface area contributed by atoms with Crippen LogP contribution in [0.3, 0.4) is 0 Å². The van der Waals surface area contributed by atoms with Gasteiger partial charge in [-0.2, -0.15) is 25.3 Å². The number of ether oxygens (including phenoxy) is 2. The molecule has 6 nitrogen and oxygen atoms in total. The Morgan fingerprint density at radius 2 is 1.32 bits per heavy atom. The fourth-order valence-electron chi connectivity index (χ4n) is 0.964. The smallest absolute Gasteiger partial charge is 0.318 e. The van der Waals surface area contributed by atoms with E-state index in [0.717, 1.165) is 0 Å². The third kappa shape index (κ3) is 6.51. The normalized spacial score (nSPS) is 14.6. The van der Waals surface area contributed by atoms with Crippen molar-refractivity contribution in [2.24, 2.45) is 5.41 Å². The zero-order valence-corrected chi connectivity index (χ0v) is 12.7. The molecule has 0 amide bonds. The minimum Gasteiger partial charge on any atom is -0.464 e. The van der Waals surface area contributed by atoms with Gasteiger partial charge in [0, 0.05) is 0 Å². The Morgan fingerprint density at radius 3 is 1.53 bits per heavy atom. The van der Waals surface area contributed by atoms with Crippen molar-refractivity contribution < 1.29 is 29.3 Å². The van der Waals surface area contributed by atoms with Gasteiger partial charge >= 0.3 is 11.9 Å². The highest BCUT2D eigenvalue weighted by Gasteiger charge is 2.33. The monoisotopic (exact) mass is 312 g/mol. The summed E-state index contributed by atoms with van der Waals surface area (Å²) in [5.74, 6) is -1.16. The molecule has 2 atom stereocenters. The van der Waals surface area contributed by atoms with Gasteiger partial charge in [0.1, 0.15) is 13.2 Å². The van der Waals surface area contributed by atoms with Crippen LogP contribution in [0, 0.1) is 5.41 Å². The fourth-order valence-corrected chi connectivity index (χ4v) is 1.11. The van der Waals surface area contributed by atoms with Crippen molar-refractivity contribution in [1.29, 1.82) is 0 Å². The molecule has 0 aromatic carbocycles. The molecule has 0 aromatic heterocycles. The van der Waals surface area contributed by atoms with Crippen LogP contribution in [0.15, 0.2) is 0 Å². The molecule has 2 unspecified atom stereocenters. The molecule has 0 bridgehead atoms. The first-order chi connectivity index (χ1) is 8.78. The summed E-state index contributed by atoms with van der Waals surface area (Å²) in [7, 11) is 0. The predicted octanol–water partition coefficient (Wildman–Crippen LogP) is -0.320. The van der Waals surface area contributed by atoms with Gasteiger partial charge in [-0.15, -0.1) is 0 Å². The molecule has 112 valence electrons. The first-order valence-corrected chi connectivity index (χ1v) is 6.72. The van der Waals surface area contributed by atoms with Crippen LogP contribution in [-0.4, -0.2) is 59.1 Å². The molecule has 0 saturated carbocycles.